The SMILES string of the molecule is O=C(O)C1(c2cccc(Cl)c2)CCNCC1. The Morgan fingerprint density at radius 3 is 2.62 bits per heavy atom. The predicted molar refractivity (Wildman–Crippen MR) is 62.9 cm³/mol. The van der Waals surface area contributed by atoms with Gasteiger partial charge in [0.2, 0.25) is 0 Å². The second kappa shape index (κ2) is 4.44. The molecule has 4 heteroatoms. The maximum Gasteiger partial charge on any atom is 0.314 e. The average Bonchev–Trinajstić information content (AvgIpc) is 2.30. The molecule has 1 aromatic carbocycles. The van der Waals surface area contributed by atoms with Gasteiger partial charge in [0, 0.05) is 5.02 Å². The Kier molecular flexibility index (Phi) is 3.17. The van der Waals surface area contributed by atoms with Gasteiger partial charge in [-0.1, -0.05) is 23.7 Å². The summed E-state index contributed by atoms with van der Waals surface area (Å²) in [7, 11) is 0. The van der Waals surface area contributed by atoms with Crippen LogP contribution in [0.25, 0.3) is 0 Å². The maximum atomic E-state index is 11.5. The van der Waals surface area contributed by atoms with Crippen LogP contribution in [0.15, 0.2) is 24.3 Å². The van der Waals surface area contributed by atoms with Crippen molar-refractivity contribution in [3.05, 3.63) is 34.9 Å². The van der Waals surface area contributed by atoms with Gasteiger partial charge in [0.15, 0.2) is 0 Å². The molecule has 1 heterocycles. The molecule has 2 rings (SSSR count). The van der Waals surface area contributed by atoms with Crippen LogP contribution in [-0.2, 0) is 10.2 Å². The lowest BCUT2D eigenvalue weighted by Gasteiger charge is -2.34. The molecule has 0 aromatic heterocycles. The Morgan fingerprint density at radius 2 is 2.06 bits per heavy atom. The molecule has 1 aromatic rings. The van der Waals surface area contributed by atoms with Crippen molar-refractivity contribution in [1.82, 2.24) is 5.32 Å². The van der Waals surface area contributed by atoms with E-state index in [1.165, 1.54) is 0 Å². The molecule has 1 aliphatic heterocycles. The molecular weight excluding hydrogens is 226 g/mol. The summed E-state index contributed by atoms with van der Waals surface area (Å²) in [5.41, 5.74) is 0.0462. The second-order valence-corrected chi connectivity index (χ2v) is 4.58. The van der Waals surface area contributed by atoms with Gasteiger partial charge in [-0.05, 0) is 43.6 Å². The molecule has 1 fully saturated rings. The Bertz CT molecular complexity index is 400. The van der Waals surface area contributed by atoms with E-state index in [0.717, 1.165) is 18.7 Å². The Balaban J connectivity index is 2.42. The molecule has 3 nitrogen and oxygen atoms in total. The number of hydrogen-bond acceptors (Lipinski definition) is 2. The van der Waals surface area contributed by atoms with Crippen molar-refractivity contribution in [1.29, 1.82) is 0 Å². The van der Waals surface area contributed by atoms with Crippen molar-refractivity contribution in [2.75, 3.05) is 13.1 Å². The maximum absolute atomic E-state index is 11.5. The van der Waals surface area contributed by atoms with Gasteiger partial charge in [0.1, 0.15) is 0 Å². The first-order valence-corrected chi connectivity index (χ1v) is 5.73. The zero-order valence-corrected chi connectivity index (χ0v) is 9.63. The highest BCUT2D eigenvalue weighted by Gasteiger charge is 2.41. The van der Waals surface area contributed by atoms with E-state index in [1.807, 2.05) is 12.1 Å². The third kappa shape index (κ3) is 1.93. The molecule has 1 aliphatic rings. The quantitative estimate of drug-likeness (QED) is 0.831. The summed E-state index contributed by atoms with van der Waals surface area (Å²) in [4.78, 5) is 11.5. The Labute approximate surface area is 99.4 Å². The van der Waals surface area contributed by atoms with Crippen LogP contribution < -0.4 is 5.32 Å². The summed E-state index contributed by atoms with van der Waals surface area (Å²) in [6.07, 6.45) is 1.23. The first-order valence-electron chi connectivity index (χ1n) is 5.35. The summed E-state index contributed by atoms with van der Waals surface area (Å²) in [5, 5.41) is 13.2. The summed E-state index contributed by atoms with van der Waals surface area (Å²) in [6.45, 7) is 1.47. The first-order chi connectivity index (χ1) is 7.65. The monoisotopic (exact) mass is 239 g/mol. The highest BCUT2D eigenvalue weighted by molar-refractivity contribution is 6.30. The van der Waals surface area contributed by atoms with Crippen molar-refractivity contribution in [3.8, 4) is 0 Å². The van der Waals surface area contributed by atoms with Gasteiger partial charge in [-0.2, -0.15) is 0 Å². The van der Waals surface area contributed by atoms with Crippen LogP contribution in [0, 0.1) is 0 Å². The molecule has 2 N–H and O–H groups in total. The molecule has 0 saturated carbocycles. The van der Waals surface area contributed by atoms with E-state index in [1.54, 1.807) is 12.1 Å². The predicted octanol–water partition coefficient (Wildman–Crippen LogP) is 2.05. The summed E-state index contributed by atoms with van der Waals surface area (Å²) >= 11 is 5.92. The van der Waals surface area contributed by atoms with Gasteiger partial charge in [-0.3, -0.25) is 4.79 Å². The van der Waals surface area contributed by atoms with Crippen LogP contribution in [0.2, 0.25) is 5.02 Å². The van der Waals surface area contributed by atoms with Crippen LogP contribution in [0.5, 0.6) is 0 Å². The molecular formula is C12H14ClNO2. The molecule has 0 atom stereocenters. The normalized spacial score (nSPS) is 19.3. The number of hydrogen-bond donors (Lipinski definition) is 2. The lowest BCUT2D eigenvalue weighted by atomic mass is 9.73. The second-order valence-electron chi connectivity index (χ2n) is 4.15. The Hall–Kier alpha value is -1.06. The molecule has 0 aliphatic carbocycles. The smallest absolute Gasteiger partial charge is 0.314 e. The lowest BCUT2D eigenvalue weighted by molar-refractivity contribution is -0.145. The minimum absolute atomic E-state index is 0.594. The van der Waals surface area contributed by atoms with E-state index < -0.39 is 11.4 Å². The van der Waals surface area contributed by atoms with Crippen molar-refractivity contribution in [2.24, 2.45) is 0 Å². The van der Waals surface area contributed by atoms with E-state index in [-0.39, 0.29) is 0 Å². The minimum atomic E-state index is -0.768. The molecule has 1 saturated heterocycles. The van der Waals surface area contributed by atoms with Gasteiger partial charge in [0.25, 0.3) is 0 Å². The fourth-order valence-corrected chi connectivity index (χ4v) is 2.46. The molecule has 16 heavy (non-hydrogen) atoms. The summed E-state index contributed by atoms with van der Waals surface area (Å²) < 4.78 is 0. The number of halogens is 1. The van der Waals surface area contributed by atoms with Crippen LogP contribution in [0.3, 0.4) is 0 Å². The highest BCUT2D eigenvalue weighted by atomic mass is 35.5. The van der Waals surface area contributed by atoms with E-state index in [9.17, 15) is 9.90 Å². The van der Waals surface area contributed by atoms with Crippen molar-refractivity contribution in [2.45, 2.75) is 18.3 Å². The number of carboxylic acid groups (broad SMARTS) is 1. The fraction of sp³-hybridized carbons (Fsp3) is 0.417. The number of rotatable bonds is 2. The van der Waals surface area contributed by atoms with Crippen molar-refractivity contribution in [3.63, 3.8) is 0 Å². The Morgan fingerprint density at radius 1 is 1.38 bits per heavy atom. The number of aliphatic carboxylic acids is 1. The van der Waals surface area contributed by atoms with Crippen molar-refractivity contribution < 1.29 is 9.90 Å². The van der Waals surface area contributed by atoms with Gasteiger partial charge < -0.3 is 10.4 Å². The number of carbonyl (C=O) groups is 1. The molecule has 0 bridgehead atoms. The van der Waals surface area contributed by atoms with Gasteiger partial charge in [0.05, 0.1) is 5.41 Å². The van der Waals surface area contributed by atoms with E-state index in [2.05, 4.69) is 5.32 Å². The van der Waals surface area contributed by atoms with E-state index >= 15 is 0 Å². The van der Waals surface area contributed by atoms with Crippen LogP contribution in [0.4, 0.5) is 0 Å². The third-order valence-electron chi connectivity index (χ3n) is 3.24. The van der Waals surface area contributed by atoms with Crippen LogP contribution in [0.1, 0.15) is 18.4 Å². The zero-order chi connectivity index (χ0) is 11.6. The first kappa shape index (κ1) is 11.4. The van der Waals surface area contributed by atoms with Gasteiger partial charge in [-0.25, -0.2) is 0 Å². The molecule has 0 amide bonds. The van der Waals surface area contributed by atoms with Gasteiger partial charge >= 0.3 is 5.97 Å². The van der Waals surface area contributed by atoms with Crippen LogP contribution in [-0.4, -0.2) is 24.2 Å². The largest absolute Gasteiger partial charge is 0.481 e. The standard InChI is InChI=1S/C12H14ClNO2/c13-10-3-1-2-9(8-10)12(11(15)16)4-6-14-7-5-12/h1-3,8,14H,4-7H2,(H,15,16). The minimum Gasteiger partial charge on any atom is -0.481 e. The average molecular weight is 240 g/mol. The van der Waals surface area contributed by atoms with E-state index in [4.69, 9.17) is 11.6 Å². The third-order valence-corrected chi connectivity index (χ3v) is 3.48. The zero-order valence-electron chi connectivity index (χ0n) is 8.87. The lowest BCUT2D eigenvalue weighted by Crippen LogP contribution is -2.45. The van der Waals surface area contributed by atoms with Crippen molar-refractivity contribution >= 4 is 17.6 Å². The van der Waals surface area contributed by atoms with Gasteiger partial charge in [-0.15, -0.1) is 0 Å². The molecule has 0 radical (unpaired) electrons. The summed E-state index contributed by atoms with van der Waals surface area (Å²) in [5.74, 6) is -0.753. The number of benzene rings is 1. The molecule has 0 unspecified atom stereocenters. The number of nitrogens with one attached hydrogen (secondary N) is 1. The summed E-state index contributed by atoms with van der Waals surface area (Å²) in [6, 6.07) is 7.19. The number of piperidine rings is 1. The fourth-order valence-electron chi connectivity index (χ4n) is 2.27. The molecule has 86 valence electrons. The topological polar surface area (TPSA) is 49.3 Å². The molecule has 0 spiro atoms. The number of carboxylic acids is 1. The highest BCUT2D eigenvalue weighted by Crippen LogP contribution is 2.34. The van der Waals surface area contributed by atoms with E-state index in [0.29, 0.717) is 17.9 Å². The van der Waals surface area contributed by atoms with Crippen LogP contribution >= 0.6 is 11.6 Å².